The topological polar surface area (TPSA) is 3.24 Å². The van der Waals surface area contributed by atoms with E-state index in [-0.39, 0.29) is 0 Å². The molecule has 0 radical (unpaired) electrons. The summed E-state index contributed by atoms with van der Waals surface area (Å²) in [5.74, 6) is 0. The van der Waals surface area contributed by atoms with Gasteiger partial charge in [-0.15, -0.1) is 22.2 Å². The third kappa shape index (κ3) is 3.65. The van der Waals surface area contributed by atoms with Crippen LogP contribution in [-0.2, 0) is 0 Å². The monoisotopic (exact) mass is 227 g/mol. The fourth-order valence-electron chi connectivity index (χ4n) is 1.67. The first kappa shape index (κ1) is 12.8. The maximum atomic E-state index is 5.97. The SMILES string of the molecule is CC(C)N(C(C)C)C(C)[SiH](Cl)Cl. The van der Waals surface area contributed by atoms with Crippen LogP contribution in [-0.4, -0.2) is 30.1 Å². The Hall–Kier alpha value is 0.757. The quantitative estimate of drug-likeness (QED) is 0.528. The number of hydrogen-bond acceptors (Lipinski definition) is 1. The second-order valence-electron chi connectivity index (χ2n) is 3.71. The lowest BCUT2D eigenvalue weighted by atomic mass is 10.2. The van der Waals surface area contributed by atoms with Crippen LogP contribution >= 0.6 is 22.2 Å². The molecule has 0 aromatic heterocycles. The van der Waals surface area contributed by atoms with Crippen LogP contribution in [0.2, 0.25) is 0 Å². The molecule has 0 aliphatic rings. The Morgan fingerprint density at radius 2 is 1.25 bits per heavy atom. The van der Waals surface area contributed by atoms with Crippen LogP contribution in [0.25, 0.3) is 0 Å². The average Bonchev–Trinajstić information content (AvgIpc) is 1.85. The minimum Gasteiger partial charge on any atom is -0.296 e. The molecule has 0 bridgehead atoms. The first-order chi connectivity index (χ1) is 5.37. The van der Waals surface area contributed by atoms with Gasteiger partial charge in [-0.05, 0) is 34.6 Å². The van der Waals surface area contributed by atoms with Crippen molar-refractivity contribution < 1.29 is 0 Å². The molecule has 0 aliphatic carbocycles. The van der Waals surface area contributed by atoms with Crippen LogP contribution in [0, 0.1) is 0 Å². The molecule has 0 heterocycles. The minimum atomic E-state index is -1.56. The second kappa shape index (κ2) is 5.48. The lowest BCUT2D eigenvalue weighted by Crippen LogP contribution is -2.47. The molecule has 0 saturated carbocycles. The van der Waals surface area contributed by atoms with Gasteiger partial charge >= 0.3 is 0 Å². The van der Waals surface area contributed by atoms with Gasteiger partial charge in [0.1, 0.15) is 0 Å². The minimum absolute atomic E-state index is 0.355. The van der Waals surface area contributed by atoms with E-state index in [9.17, 15) is 0 Å². The number of nitrogens with zero attached hydrogens (tertiary/aromatic N) is 1. The summed E-state index contributed by atoms with van der Waals surface area (Å²) in [6.45, 7) is 10.8. The zero-order valence-electron chi connectivity index (χ0n) is 8.51. The Morgan fingerprint density at radius 3 is 1.33 bits per heavy atom. The molecule has 1 atom stereocenters. The largest absolute Gasteiger partial charge is 0.296 e. The third-order valence-corrected chi connectivity index (χ3v) is 5.29. The number of rotatable bonds is 4. The van der Waals surface area contributed by atoms with Crippen LogP contribution in [0.15, 0.2) is 0 Å². The van der Waals surface area contributed by atoms with E-state index in [1.807, 2.05) is 0 Å². The molecule has 4 heteroatoms. The van der Waals surface area contributed by atoms with E-state index in [1.54, 1.807) is 0 Å². The van der Waals surface area contributed by atoms with Gasteiger partial charge in [-0.25, -0.2) is 0 Å². The average molecular weight is 228 g/mol. The van der Waals surface area contributed by atoms with Gasteiger partial charge in [-0.2, -0.15) is 0 Å². The number of halogens is 2. The molecule has 12 heavy (non-hydrogen) atoms. The van der Waals surface area contributed by atoms with Gasteiger partial charge in [-0.3, -0.25) is 4.90 Å². The molecule has 0 saturated heterocycles. The van der Waals surface area contributed by atoms with Crippen LogP contribution in [0.1, 0.15) is 34.6 Å². The van der Waals surface area contributed by atoms with Crippen molar-refractivity contribution in [3.8, 4) is 0 Å². The second-order valence-corrected chi connectivity index (χ2v) is 8.83. The summed E-state index contributed by atoms with van der Waals surface area (Å²) in [6.07, 6.45) is 0. The van der Waals surface area contributed by atoms with Crippen molar-refractivity contribution in [3.63, 3.8) is 0 Å². The van der Waals surface area contributed by atoms with Gasteiger partial charge < -0.3 is 0 Å². The number of hydrogen-bond donors (Lipinski definition) is 0. The molecule has 0 aliphatic heterocycles. The standard InChI is InChI=1S/C8H19Cl2NSi/c1-6(2)11(7(3)4)8(5)12(9)10/h6-8,12H,1-5H3. The molecule has 74 valence electrons. The Bertz CT molecular complexity index is 120. The molecule has 0 fully saturated rings. The zero-order valence-corrected chi connectivity index (χ0v) is 11.2. The maximum absolute atomic E-state index is 5.97. The first-order valence-corrected chi connectivity index (χ1v) is 8.59. The zero-order chi connectivity index (χ0) is 9.89. The van der Waals surface area contributed by atoms with E-state index in [0.29, 0.717) is 17.7 Å². The maximum Gasteiger partial charge on any atom is 0.253 e. The van der Waals surface area contributed by atoms with Crippen molar-refractivity contribution in [1.82, 2.24) is 4.90 Å². The van der Waals surface area contributed by atoms with E-state index < -0.39 is 7.42 Å². The van der Waals surface area contributed by atoms with E-state index in [1.165, 1.54) is 0 Å². The summed E-state index contributed by atoms with van der Waals surface area (Å²) in [7, 11) is -1.56. The van der Waals surface area contributed by atoms with Crippen molar-refractivity contribution >= 4 is 29.6 Å². The lowest BCUT2D eigenvalue weighted by molar-refractivity contribution is 0.162. The molecule has 1 nitrogen and oxygen atoms in total. The van der Waals surface area contributed by atoms with Crippen LogP contribution in [0.5, 0.6) is 0 Å². The first-order valence-electron chi connectivity index (χ1n) is 4.43. The molecular formula is C8H19Cl2NSi. The Morgan fingerprint density at radius 1 is 0.917 bits per heavy atom. The van der Waals surface area contributed by atoms with Gasteiger partial charge in [0, 0.05) is 17.7 Å². The van der Waals surface area contributed by atoms with Crippen molar-refractivity contribution in [3.05, 3.63) is 0 Å². The highest BCUT2D eigenvalue weighted by atomic mass is 35.7. The van der Waals surface area contributed by atoms with Crippen molar-refractivity contribution in [2.45, 2.75) is 52.4 Å². The highest BCUT2D eigenvalue weighted by Gasteiger charge is 2.25. The summed E-state index contributed by atoms with van der Waals surface area (Å²) in [4.78, 5) is 2.37. The van der Waals surface area contributed by atoms with Gasteiger partial charge in [0.05, 0.1) is 0 Å². The lowest BCUT2D eigenvalue weighted by Gasteiger charge is -2.36. The normalized spacial score (nSPS) is 15.2. The van der Waals surface area contributed by atoms with Crippen LogP contribution in [0.3, 0.4) is 0 Å². The summed E-state index contributed by atoms with van der Waals surface area (Å²) >= 11 is 11.9. The molecule has 0 amide bonds. The van der Waals surface area contributed by atoms with Gasteiger partial charge in [0.15, 0.2) is 0 Å². The highest BCUT2D eigenvalue weighted by Crippen LogP contribution is 2.16. The Labute approximate surface area is 87.0 Å². The molecule has 0 rings (SSSR count). The predicted octanol–water partition coefficient (Wildman–Crippen LogP) is 2.73. The highest BCUT2D eigenvalue weighted by molar-refractivity contribution is 7.34. The summed E-state index contributed by atoms with van der Waals surface area (Å²) in [6, 6.07) is 1.04. The summed E-state index contributed by atoms with van der Waals surface area (Å²) in [5, 5.41) is 0. The smallest absolute Gasteiger partial charge is 0.253 e. The third-order valence-electron chi connectivity index (χ3n) is 2.03. The van der Waals surface area contributed by atoms with Gasteiger partial charge in [0.2, 0.25) is 0 Å². The fourth-order valence-corrected chi connectivity index (χ4v) is 3.40. The molecule has 1 unspecified atom stereocenters. The van der Waals surface area contributed by atoms with E-state index >= 15 is 0 Å². The van der Waals surface area contributed by atoms with Crippen molar-refractivity contribution in [1.29, 1.82) is 0 Å². The molecule has 0 N–H and O–H groups in total. The molecule has 0 aromatic rings. The summed E-state index contributed by atoms with van der Waals surface area (Å²) < 4.78 is 0. The summed E-state index contributed by atoms with van der Waals surface area (Å²) in [5.41, 5.74) is 0.355. The Kier molecular flexibility index (Phi) is 5.82. The van der Waals surface area contributed by atoms with Crippen LogP contribution in [0.4, 0.5) is 0 Å². The Balaban J connectivity index is 4.30. The molecular weight excluding hydrogens is 209 g/mol. The predicted molar refractivity (Wildman–Crippen MR) is 60.4 cm³/mol. The molecule has 0 aromatic carbocycles. The van der Waals surface area contributed by atoms with Gasteiger partial charge in [-0.1, -0.05) is 0 Å². The fraction of sp³-hybridized carbons (Fsp3) is 1.00. The molecule has 0 spiro atoms. The van der Waals surface area contributed by atoms with Crippen LogP contribution < -0.4 is 0 Å². The van der Waals surface area contributed by atoms with E-state index in [2.05, 4.69) is 39.5 Å². The van der Waals surface area contributed by atoms with Crippen molar-refractivity contribution in [2.75, 3.05) is 0 Å². The van der Waals surface area contributed by atoms with Gasteiger partial charge in [0.25, 0.3) is 7.42 Å². The van der Waals surface area contributed by atoms with E-state index in [4.69, 9.17) is 22.2 Å². The van der Waals surface area contributed by atoms with E-state index in [0.717, 1.165) is 0 Å². The van der Waals surface area contributed by atoms with Crippen molar-refractivity contribution in [2.24, 2.45) is 0 Å².